The summed E-state index contributed by atoms with van der Waals surface area (Å²) in [5, 5.41) is 3.01. The van der Waals surface area contributed by atoms with Gasteiger partial charge in [0.1, 0.15) is 0 Å². The molecule has 2 nitrogen and oxygen atoms in total. The first-order valence-corrected chi connectivity index (χ1v) is 7.88. The third-order valence-electron chi connectivity index (χ3n) is 4.82. The van der Waals surface area contributed by atoms with Crippen molar-refractivity contribution in [2.75, 3.05) is 0 Å². The molecule has 2 atom stereocenters. The van der Waals surface area contributed by atoms with Gasteiger partial charge in [-0.15, -0.1) is 0 Å². The first-order chi connectivity index (χ1) is 10.4. The van der Waals surface area contributed by atoms with Crippen molar-refractivity contribution < 1.29 is 18.0 Å². The average molecular weight is 311 g/mol. The fourth-order valence-corrected chi connectivity index (χ4v) is 3.28. The Hall–Kier alpha value is -1.52. The Morgan fingerprint density at radius 1 is 1.18 bits per heavy atom. The summed E-state index contributed by atoms with van der Waals surface area (Å²) in [4.78, 5) is 12.5. The van der Waals surface area contributed by atoms with Gasteiger partial charge in [-0.25, -0.2) is 0 Å². The van der Waals surface area contributed by atoms with Crippen LogP contribution in [0.5, 0.6) is 0 Å². The molecule has 0 spiro atoms. The topological polar surface area (TPSA) is 29.1 Å². The van der Waals surface area contributed by atoms with Gasteiger partial charge >= 0.3 is 6.18 Å². The number of nitrogens with one attached hydrogen (secondary N) is 1. The van der Waals surface area contributed by atoms with E-state index in [1.807, 2.05) is 0 Å². The first kappa shape index (κ1) is 15.4. The fourth-order valence-electron chi connectivity index (χ4n) is 3.28. The van der Waals surface area contributed by atoms with E-state index in [4.69, 9.17) is 0 Å². The van der Waals surface area contributed by atoms with Gasteiger partial charge in [0.2, 0.25) is 0 Å². The first-order valence-electron chi connectivity index (χ1n) is 7.88. The molecule has 5 heteroatoms. The van der Waals surface area contributed by atoms with Crippen molar-refractivity contribution in [3.63, 3.8) is 0 Å². The van der Waals surface area contributed by atoms with E-state index in [-0.39, 0.29) is 17.9 Å². The molecule has 2 aliphatic carbocycles. The van der Waals surface area contributed by atoms with Crippen LogP contribution in [0.1, 0.15) is 66.4 Å². The van der Waals surface area contributed by atoms with Crippen LogP contribution >= 0.6 is 0 Å². The zero-order chi connectivity index (χ0) is 15.9. The summed E-state index contributed by atoms with van der Waals surface area (Å²) in [7, 11) is 0. The summed E-state index contributed by atoms with van der Waals surface area (Å²) in [6.45, 7) is 2.10. The van der Waals surface area contributed by atoms with E-state index in [0.717, 1.165) is 44.2 Å². The van der Waals surface area contributed by atoms with E-state index < -0.39 is 11.7 Å². The SMILES string of the molecule is CC1CCCC1NC(=O)c1ccc(C(F)(F)F)cc1C1CC1. The van der Waals surface area contributed by atoms with E-state index >= 15 is 0 Å². The molecule has 0 aromatic heterocycles. The van der Waals surface area contributed by atoms with Crippen LogP contribution in [-0.2, 0) is 6.18 Å². The number of benzene rings is 1. The van der Waals surface area contributed by atoms with E-state index in [1.54, 1.807) is 0 Å². The van der Waals surface area contributed by atoms with Crippen molar-refractivity contribution in [2.24, 2.45) is 5.92 Å². The molecule has 120 valence electrons. The maximum Gasteiger partial charge on any atom is 0.416 e. The maximum absolute atomic E-state index is 12.9. The number of carbonyl (C=O) groups excluding carboxylic acids is 1. The molecule has 1 amide bonds. The molecular formula is C17H20F3NO. The van der Waals surface area contributed by atoms with Gasteiger partial charge in [0.05, 0.1) is 5.56 Å². The predicted octanol–water partition coefficient (Wildman–Crippen LogP) is 4.50. The molecule has 22 heavy (non-hydrogen) atoms. The molecule has 2 aliphatic rings. The lowest BCUT2D eigenvalue weighted by molar-refractivity contribution is -0.137. The standard InChI is InChI=1S/C17H20F3NO/c1-10-3-2-4-15(10)21-16(22)13-8-7-12(17(18,19)20)9-14(13)11-5-6-11/h7-11,15H,2-6H2,1H3,(H,21,22). The van der Waals surface area contributed by atoms with Crippen molar-refractivity contribution in [1.82, 2.24) is 5.32 Å². The quantitative estimate of drug-likeness (QED) is 0.875. The molecule has 0 saturated heterocycles. The molecule has 0 aliphatic heterocycles. The summed E-state index contributed by atoms with van der Waals surface area (Å²) in [5.74, 6) is 0.307. The van der Waals surface area contributed by atoms with Gasteiger partial charge in [0.15, 0.2) is 0 Å². The number of amides is 1. The fraction of sp³-hybridized carbons (Fsp3) is 0.588. The highest BCUT2D eigenvalue weighted by Gasteiger charge is 2.35. The van der Waals surface area contributed by atoms with E-state index in [1.165, 1.54) is 6.07 Å². The van der Waals surface area contributed by atoms with E-state index in [2.05, 4.69) is 12.2 Å². The molecule has 0 radical (unpaired) electrons. The van der Waals surface area contributed by atoms with Crippen LogP contribution in [0.15, 0.2) is 18.2 Å². The Balaban J connectivity index is 1.84. The summed E-state index contributed by atoms with van der Waals surface area (Å²) >= 11 is 0. The van der Waals surface area contributed by atoms with Crippen molar-refractivity contribution >= 4 is 5.91 Å². The maximum atomic E-state index is 12.9. The average Bonchev–Trinajstić information content (AvgIpc) is 3.22. The second-order valence-electron chi connectivity index (χ2n) is 6.56. The minimum absolute atomic E-state index is 0.101. The van der Waals surface area contributed by atoms with Gasteiger partial charge in [-0.1, -0.05) is 13.3 Å². The Bertz CT molecular complexity index is 578. The molecule has 2 saturated carbocycles. The summed E-state index contributed by atoms with van der Waals surface area (Å²) in [6, 6.07) is 3.65. The Kier molecular flexibility index (Phi) is 3.91. The largest absolute Gasteiger partial charge is 0.416 e. The van der Waals surface area contributed by atoms with Crippen LogP contribution in [-0.4, -0.2) is 11.9 Å². The Morgan fingerprint density at radius 3 is 2.45 bits per heavy atom. The van der Waals surface area contributed by atoms with Gasteiger partial charge in [-0.3, -0.25) is 4.79 Å². The van der Waals surface area contributed by atoms with Crippen LogP contribution in [0, 0.1) is 5.92 Å². The normalized spacial score (nSPS) is 25.3. The predicted molar refractivity (Wildman–Crippen MR) is 77.7 cm³/mol. The smallest absolute Gasteiger partial charge is 0.349 e. The number of halogens is 3. The molecule has 1 aromatic rings. The second-order valence-corrected chi connectivity index (χ2v) is 6.56. The van der Waals surface area contributed by atoms with Crippen LogP contribution in [0.25, 0.3) is 0 Å². The molecule has 2 fully saturated rings. The zero-order valence-corrected chi connectivity index (χ0v) is 12.5. The third-order valence-corrected chi connectivity index (χ3v) is 4.82. The molecule has 0 bridgehead atoms. The van der Waals surface area contributed by atoms with Crippen molar-refractivity contribution in [3.8, 4) is 0 Å². The highest BCUT2D eigenvalue weighted by Crippen LogP contribution is 2.43. The summed E-state index contributed by atoms with van der Waals surface area (Å²) in [5.41, 5.74) is 0.299. The van der Waals surface area contributed by atoms with Crippen LogP contribution in [0.4, 0.5) is 13.2 Å². The van der Waals surface area contributed by atoms with Crippen molar-refractivity contribution in [1.29, 1.82) is 0 Å². The van der Waals surface area contributed by atoms with Gasteiger partial charge < -0.3 is 5.32 Å². The number of carbonyl (C=O) groups is 1. The van der Waals surface area contributed by atoms with Gasteiger partial charge in [0, 0.05) is 11.6 Å². The number of hydrogen-bond acceptors (Lipinski definition) is 1. The highest BCUT2D eigenvalue weighted by molar-refractivity contribution is 5.96. The van der Waals surface area contributed by atoms with Crippen molar-refractivity contribution in [3.05, 3.63) is 34.9 Å². The van der Waals surface area contributed by atoms with Crippen LogP contribution in [0.3, 0.4) is 0 Å². The summed E-state index contributed by atoms with van der Waals surface area (Å²) in [6.07, 6.45) is 0.496. The Morgan fingerprint density at radius 2 is 1.91 bits per heavy atom. The van der Waals surface area contributed by atoms with Gasteiger partial charge in [-0.2, -0.15) is 13.2 Å². The lowest BCUT2D eigenvalue weighted by Gasteiger charge is -2.19. The molecule has 1 N–H and O–H groups in total. The monoisotopic (exact) mass is 311 g/mol. The van der Waals surface area contributed by atoms with Crippen molar-refractivity contribution in [2.45, 2.75) is 57.2 Å². The minimum atomic E-state index is -4.36. The third kappa shape index (κ3) is 3.13. The lowest BCUT2D eigenvalue weighted by Crippen LogP contribution is -2.36. The van der Waals surface area contributed by atoms with E-state index in [0.29, 0.717) is 17.0 Å². The summed E-state index contributed by atoms with van der Waals surface area (Å²) < 4.78 is 38.6. The minimum Gasteiger partial charge on any atom is -0.349 e. The Labute approximate surface area is 128 Å². The molecular weight excluding hydrogens is 291 g/mol. The molecule has 1 aromatic carbocycles. The number of hydrogen-bond donors (Lipinski definition) is 1. The number of alkyl halides is 3. The van der Waals surface area contributed by atoms with E-state index in [9.17, 15) is 18.0 Å². The highest BCUT2D eigenvalue weighted by atomic mass is 19.4. The van der Waals surface area contributed by atoms with Crippen LogP contribution in [0.2, 0.25) is 0 Å². The molecule has 2 unspecified atom stereocenters. The van der Waals surface area contributed by atoms with Gasteiger partial charge in [-0.05, 0) is 61.3 Å². The molecule has 3 rings (SSSR count). The number of rotatable bonds is 3. The second kappa shape index (κ2) is 5.60. The van der Waals surface area contributed by atoms with Gasteiger partial charge in [0.25, 0.3) is 5.91 Å². The molecule has 0 heterocycles. The van der Waals surface area contributed by atoms with Crippen LogP contribution < -0.4 is 5.32 Å². The lowest BCUT2D eigenvalue weighted by atomic mass is 9.98. The zero-order valence-electron chi connectivity index (χ0n) is 12.5.